The molecular weight excluding hydrogens is 524 g/mol. The van der Waals surface area contributed by atoms with Gasteiger partial charge < -0.3 is 0 Å². The van der Waals surface area contributed by atoms with Gasteiger partial charge in [0.1, 0.15) is 5.71 Å². The number of nitrogens with zero attached hydrogens (tertiary/aromatic N) is 1. The fourth-order valence-corrected chi connectivity index (χ4v) is 3.49. The van der Waals surface area contributed by atoms with Crippen molar-refractivity contribution in [3.8, 4) is 0 Å². The molecule has 0 aliphatic heterocycles. The molecule has 1 aliphatic carbocycles. The van der Waals surface area contributed by atoms with E-state index in [9.17, 15) is 26.3 Å². The quantitative estimate of drug-likeness (QED) is 0.197. The third-order valence-electron chi connectivity index (χ3n) is 2.02. The van der Waals surface area contributed by atoms with Crippen LogP contribution in [0.1, 0.15) is 0 Å². The lowest BCUT2D eigenvalue weighted by atomic mass is 9.94. The van der Waals surface area contributed by atoms with Crippen LogP contribution in [0.4, 0.5) is 26.3 Å². The van der Waals surface area contributed by atoms with Crippen LogP contribution in [-0.4, -0.2) is 23.8 Å². The van der Waals surface area contributed by atoms with Crippen LogP contribution in [0.15, 0.2) is 22.7 Å². The van der Waals surface area contributed by atoms with Crippen molar-refractivity contribution in [3.05, 3.63) is 18.3 Å². The number of hydrogen-bond donors (Lipinski definition) is 2. The number of hydrogen-bond acceptors (Lipinski definition) is 3. The third-order valence-corrected chi connectivity index (χ3v) is 4.35. The molecule has 0 saturated heterocycles. The molecule has 0 amide bonds. The highest BCUT2D eigenvalue weighted by Crippen LogP contribution is 2.48. The molecule has 2 nitrogen and oxygen atoms in total. The van der Waals surface area contributed by atoms with Crippen molar-refractivity contribution in [2.45, 2.75) is 12.4 Å². The first-order valence-electron chi connectivity index (χ1n) is 4.19. The van der Waals surface area contributed by atoms with E-state index in [0.717, 1.165) is 45.2 Å². The SMILES string of the molecule is N=C1C(I)=C(C(F)(F)F)C(C(F)(F)F)=C(I)/C1=N/S. The van der Waals surface area contributed by atoms with Crippen molar-refractivity contribution >= 4 is 69.4 Å². The predicted octanol–water partition coefficient (Wildman–Crippen LogP) is 4.81. The van der Waals surface area contributed by atoms with Crippen LogP contribution in [0.5, 0.6) is 0 Å². The fraction of sp³-hybridized carbons (Fsp3) is 0.250. The molecule has 0 saturated carbocycles. The molecule has 0 aromatic carbocycles. The van der Waals surface area contributed by atoms with E-state index in [2.05, 4.69) is 17.2 Å². The topological polar surface area (TPSA) is 36.2 Å². The van der Waals surface area contributed by atoms with Gasteiger partial charge in [-0.3, -0.25) is 5.41 Å². The summed E-state index contributed by atoms with van der Waals surface area (Å²) in [4.78, 5) is 0. The zero-order chi connectivity index (χ0) is 15.2. The number of halogens is 8. The van der Waals surface area contributed by atoms with Crippen molar-refractivity contribution in [3.63, 3.8) is 0 Å². The van der Waals surface area contributed by atoms with Gasteiger partial charge in [-0.1, -0.05) is 0 Å². The maximum atomic E-state index is 12.8. The lowest BCUT2D eigenvalue weighted by molar-refractivity contribution is -0.118. The van der Waals surface area contributed by atoms with E-state index >= 15 is 0 Å². The summed E-state index contributed by atoms with van der Waals surface area (Å²) in [5, 5.41) is 7.44. The number of rotatable bonds is 0. The average molecular weight is 526 g/mol. The minimum atomic E-state index is -5.22. The summed E-state index contributed by atoms with van der Waals surface area (Å²) in [6.45, 7) is 0. The molecule has 0 aromatic rings. The molecule has 0 unspecified atom stereocenters. The van der Waals surface area contributed by atoms with Crippen molar-refractivity contribution in [2.24, 2.45) is 4.40 Å². The Bertz CT molecular complexity index is 528. The summed E-state index contributed by atoms with van der Waals surface area (Å²) >= 11 is 5.54. The lowest BCUT2D eigenvalue weighted by Crippen LogP contribution is -2.33. The minimum absolute atomic E-state index is 0.534. The summed E-state index contributed by atoms with van der Waals surface area (Å²) in [5.74, 6) is 0. The second-order valence-corrected chi connectivity index (χ2v) is 5.55. The minimum Gasteiger partial charge on any atom is -0.297 e. The highest BCUT2D eigenvalue weighted by Gasteiger charge is 2.52. The largest absolute Gasteiger partial charge is 0.418 e. The molecule has 19 heavy (non-hydrogen) atoms. The van der Waals surface area contributed by atoms with E-state index in [1.165, 1.54) is 0 Å². The zero-order valence-corrected chi connectivity index (χ0v) is 13.6. The van der Waals surface area contributed by atoms with E-state index in [1.807, 2.05) is 0 Å². The Hall–Kier alpha value is 0.210. The van der Waals surface area contributed by atoms with E-state index in [1.54, 1.807) is 0 Å². The molecule has 0 spiro atoms. The Balaban J connectivity index is 3.77. The van der Waals surface area contributed by atoms with Crippen molar-refractivity contribution in [1.82, 2.24) is 0 Å². The molecule has 0 heterocycles. The molecule has 1 aliphatic rings. The highest BCUT2D eigenvalue weighted by atomic mass is 127. The fourth-order valence-electron chi connectivity index (χ4n) is 1.30. The Morgan fingerprint density at radius 3 is 1.58 bits per heavy atom. The normalized spacial score (nSPS) is 20.7. The van der Waals surface area contributed by atoms with Gasteiger partial charge in [-0.15, -0.1) is 0 Å². The molecule has 0 aromatic heterocycles. The lowest BCUT2D eigenvalue weighted by Gasteiger charge is -2.26. The molecule has 106 valence electrons. The molecule has 0 bridgehead atoms. The van der Waals surface area contributed by atoms with Gasteiger partial charge in [-0.25, -0.2) is 4.40 Å². The van der Waals surface area contributed by atoms with E-state index < -0.39 is 42.1 Å². The van der Waals surface area contributed by atoms with Crippen molar-refractivity contribution in [2.75, 3.05) is 0 Å². The third kappa shape index (κ3) is 3.28. The smallest absolute Gasteiger partial charge is 0.297 e. The standard InChI is InChI=1S/C8H2F6I2N2S/c9-7(10,11)1-2(8(12,13)14)4(16)6(18-19)5(17)3(1)15/h17,19H/b17-5?,18-6-. The monoisotopic (exact) mass is 526 g/mol. The average Bonchev–Trinajstić information content (AvgIpc) is 2.20. The zero-order valence-electron chi connectivity index (χ0n) is 8.42. The summed E-state index contributed by atoms with van der Waals surface area (Å²) in [7, 11) is 0. The van der Waals surface area contributed by atoms with Crippen LogP contribution in [0.2, 0.25) is 0 Å². The van der Waals surface area contributed by atoms with Gasteiger partial charge >= 0.3 is 12.4 Å². The summed E-state index contributed by atoms with van der Waals surface area (Å²) in [6.07, 6.45) is -10.4. The van der Waals surface area contributed by atoms with E-state index in [-0.39, 0.29) is 0 Å². The second-order valence-electron chi connectivity index (χ2n) is 3.20. The number of alkyl halides is 6. The van der Waals surface area contributed by atoms with Gasteiger partial charge in [0.15, 0.2) is 0 Å². The molecule has 1 rings (SSSR count). The van der Waals surface area contributed by atoms with Crippen LogP contribution in [0.25, 0.3) is 0 Å². The second kappa shape index (κ2) is 5.54. The molecule has 11 heteroatoms. The Kier molecular flexibility index (Phi) is 5.03. The molecule has 0 atom stereocenters. The Morgan fingerprint density at radius 1 is 0.895 bits per heavy atom. The van der Waals surface area contributed by atoms with Gasteiger partial charge in [-0.2, -0.15) is 26.3 Å². The van der Waals surface area contributed by atoms with Gasteiger partial charge in [0.05, 0.1) is 24.0 Å². The van der Waals surface area contributed by atoms with Gasteiger partial charge in [0.2, 0.25) is 0 Å². The van der Waals surface area contributed by atoms with E-state index in [4.69, 9.17) is 5.41 Å². The van der Waals surface area contributed by atoms with Crippen LogP contribution in [-0.2, 0) is 0 Å². The van der Waals surface area contributed by atoms with Gasteiger partial charge in [0, 0.05) is 0 Å². The van der Waals surface area contributed by atoms with Crippen LogP contribution >= 0.6 is 58.0 Å². The Labute approximate surface area is 135 Å². The van der Waals surface area contributed by atoms with E-state index in [0.29, 0.717) is 0 Å². The first-order valence-corrected chi connectivity index (χ1v) is 6.74. The summed E-state index contributed by atoms with van der Waals surface area (Å²) in [6, 6.07) is 0. The van der Waals surface area contributed by atoms with Gasteiger partial charge in [-0.05, 0) is 58.0 Å². The number of nitrogens with one attached hydrogen (secondary N) is 1. The predicted molar refractivity (Wildman–Crippen MR) is 78.3 cm³/mol. The maximum absolute atomic E-state index is 12.8. The molecule has 0 fully saturated rings. The summed E-state index contributed by atoms with van der Waals surface area (Å²) < 4.78 is 78.4. The Morgan fingerprint density at radius 2 is 1.26 bits per heavy atom. The number of allylic oxidation sites excluding steroid dienone is 4. The number of thiol groups is 1. The van der Waals surface area contributed by atoms with Crippen molar-refractivity contribution < 1.29 is 26.3 Å². The maximum Gasteiger partial charge on any atom is 0.418 e. The van der Waals surface area contributed by atoms with Gasteiger partial charge in [0.25, 0.3) is 0 Å². The van der Waals surface area contributed by atoms with Crippen molar-refractivity contribution in [1.29, 1.82) is 5.41 Å². The van der Waals surface area contributed by atoms with Crippen LogP contribution in [0, 0.1) is 5.41 Å². The molecule has 0 radical (unpaired) electrons. The molecule has 1 N–H and O–H groups in total. The molecular formula is C8H2F6I2N2S. The van der Waals surface area contributed by atoms with Crippen LogP contribution in [0.3, 0.4) is 0 Å². The first kappa shape index (κ1) is 17.3. The summed E-state index contributed by atoms with van der Waals surface area (Å²) in [5.41, 5.74) is -4.97. The first-order chi connectivity index (χ1) is 8.42. The highest BCUT2D eigenvalue weighted by molar-refractivity contribution is 14.1. The van der Waals surface area contributed by atoms with Crippen LogP contribution < -0.4 is 0 Å².